The van der Waals surface area contributed by atoms with Gasteiger partial charge in [-0.1, -0.05) is 35.4 Å². The third-order valence-electron chi connectivity index (χ3n) is 4.09. The van der Waals surface area contributed by atoms with Gasteiger partial charge in [0.1, 0.15) is 0 Å². The smallest absolute Gasteiger partial charge is 0.322 e. The summed E-state index contributed by atoms with van der Waals surface area (Å²) >= 11 is 5.99. The van der Waals surface area contributed by atoms with Crippen LogP contribution in [0.2, 0.25) is 5.02 Å². The number of aryl methyl sites for hydroxylation is 1. The van der Waals surface area contributed by atoms with E-state index in [0.29, 0.717) is 21.5 Å². The van der Waals surface area contributed by atoms with E-state index in [1.807, 2.05) is 13.0 Å². The molecule has 1 heterocycles. The van der Waals surface area contributed by atoms with Crippen LogP contribution in [-0.4, -0.2) is 32.9 Å². The normalized spacial score (nSPS) is 11.0. The number of carboxylic acid groups (broad SMARTS) is 2. The number of benzene rings is 2. The molecule has 2 aromatic carbocycles. The van der Waals surface area contributed by atoms with Crippen LogP contribution in [0.25, 0.3) is 10.9 Å². The van der Waals surface area contributed by atoms with Crippen molar-refractivity contribution in [1.29, 1.82) is 0 Å². The van der Waals surface area contributed by atoms with Gasteiger partial charge in [-0.05, 0) is 31.2 Å². The molecular weight excluding hydrogens is 358 g/mol. The monoisotopic (exact) mass is 371 g/mol. The molecule has 6 nitrogen and oxygen atoms in total. The largest absolute Gasteiger partial charge is 0.480 e. The molecule has 7 heteroatoms. The highest BCUT2D eigenvalue weighted by molar-refractivity contribution is 6.31. The van der Waals surface area contributed by atoms with E-state index in [-0.39, 0.29) is 11.3 Å². The minimum atomic E-state index is -1.90. The number of hydrogen-bond acceptors (Lipinski definition) is 3. The van der Waals surface area contributed by atoms with Crippen molar-refractivity contribution in [3.05, 3.63) is 69.9 Å². The van der Waals surface area contributed by atoms with Crippen molar-refractivity contribution in [2.24, 2.45) is 0 Å². The van der Waals surface area contributed by atoms with E-state index in [1.165, 1.54) is 6.07 Å². The van der Waals surface area contributed by atoms with Crippen molar-refractivity contribution in [3.63, 3.8) is 0 Å². The summed E-state index contributed by atoms with van der Waals surface area (Å²) in [5, 5.41) is 19.5. The van der Waals surface area contributed by atoms with Gasteiger partial charge in [-0.15, -0.1) is 0 Å². The Morgan fingerprint density at radius 1 is 1.04 bits per heavy atom. The predicted octanol–water partition coefficient (Wildman–Crippen LogP) is 3.61. The third-order valence-corrected chi connectivity index (χ3v) is 4.33. The standard InChI is InChI=1S/C19H14ClNO5/c1-9-3-2-4-10(7-9)17(22)16-14(15(18(23)24)19(25)26)12-8-11(20)5-6-13(12)21-16/h2-8,15,21H,1H3,(H,23,24)(H,25,26). The fraction of sp³-hybridized carbons (Fsp3) is 0.105. The van der Waals surface area contributed by atoms with Crippen LogP contribution < -0.4 is 0 Å². The van der Waals surface area contributed by atoms with E-state index >= 15 is 0 Å². The van der Waals surface area contributed by atoms with E-state index in [2.05, 4.69) is 4.98 Å². The average Bonchev–Trinajstić information content (AvgIpc) is 2.92. The Morgan fingerprint density at radius 2 is 1.73 bits per heavy atom. The first-order valence-corrected chi connectivity index (χ1v) is 8.05. The number of carboxylic acids is 2. The number of aliphatic carboxylic acids is 2. The summed E-state index contributed by atoms with van der Waals surface area (Å²) in [7, 11) is 0. The quantitative estimate of drug-likeness (QED) is 0.469. The number of rotatable bonds is 5. The Balaban J connectivity index is 2.31. The summed E-state index contributed by atoms with van der Waals surface area (Å²) in [4.78, 5) is 39.0. The average molecular weight is 372 g/mol. The lowest BCUT2D eigenvalue weighted by Gasteiger charge is -2.10. The van der Waals surface area contributed by atoms with E-state index < -0.39 is 23.6 Å². The number of fused-ring (bicyclic) bond motifs is 1. The molecule has 0 saturated heterocycles. The number of H-pyrrole nitrogens is 1. The maximum absolute atomic E-state index is 13.0. The fourth-order valence-electron chi connectivity index (χ4n) is 2.95. The highest BCUT2D eigenvalue weighted by Crippen LogP contribution is 2.33. The maximum Gasteiger partial charge on any atom is 0.322 e. The molecular formula is C19H14ClNO5. The molecule has 132 valence electrons. The number of halogens is 1. The molecule has 1 aromatic heterocycles. The summed E-state index contributed by atoms with van der Waals surface area (Å²) in [6.45, 7) is 1.82. The van der Waals surface area contributed by atoms with Crippen LogP contribution >= 0.6 is 11.6 Å². The van der Waals surface area contributed by atoms with Gasteiger partial charge in [-0.2, -0.15) is 0 Å². The van der Waals surface area contributed by atoms with Crippen LogP contribution in [0.3, 0.4) is 0 Å². The molecule has 26 heavy (non-hydrogen) atoms. The first-order chi connectivity index (χ1) is 12.3. The van der Waals surface area contributed by atoms with Gasteiger partial charge in [-0.25, -0.2) is 0 Å². The van der Waals surface area contributed by atoms with E-state index in [9.17, 15) is 24.6 Å². The van der Waals surface area contributed by atoms with Crippen LogP contribution in [0.15, 0.2) is 42.5 Å². The van der Waals surface area contributed by atoms with Crippen molar-refractivity contribution in [2.75, 3.05) is 0 Å². The van der Waals surface area contributed by atoms with E-state index in [0.717, 1.165) is 5.56 Å². The summed E-state index contributed by atoms with van der Waals surface area (Å²) in [6, 6.07) is 11.4. The molecule has 0 amide bonds. The Bertz CT molecular complexity index is 1040. The minimum Gasteiger partial charge on any atom is -0.480 e. The second-order valence-corrected chi connectivity index (χ2v) is 6.35. The van der Waals surface area contributed by atoms with Gasteiger partial charge in [0.25, 0.3) is 0 Å². The fourth-order valence-corrected chi connectivity index (χ4v) is 3.12. The van der Waals surface area contributed by atoms with Crippen molar-refractivity contribution < 1.29 is 24.6 Å². The summed E-state index contributed by atoms with van der Waals surface area (Å²) in [5.41, 5.74) is 1.45. The topological polar surface area (TPSA) is 107 Å². The lowest BCUT2D eigenvalue weighted by molar-refractivity contribution is -0.149. The van der Waals surface area contributed by atoms with Gasteiger partial charge in [0.15, 0.2) is 5.92 Å². The number of carbonyl (C=O) groups excluding carboxylic acids is 1. The van der Waals surface area contributed by atoms with Crippen molar-refractivity contribution in [3.8, 4) is 0 Å². The lowest BCUT2D eigenvalue weighted by Crippen LogP contribution is -2.23. The first kappa shape index (κ1) is 17.7. The molecule has 0 aliphatic rings. The third kappa shape index (κ3) is 3.07. The summed E-state index contributed by atoms with van der Waals surface area (Å²) in [5.74, 6) is -5.50. The maximum atomic E-state index is 13.0. The van der Waals surface area contributed by atoms with Crippen molar-refractivity contribution in [2.45, 2.75) is 12.8 Å². The highest BCUT2D eigenvalue weighted by Gasteiger charge is 2.35. The Morgan fingerprint density at radius 3 is 2.35 bits per heavy atom. The van der Waals surface area contributed by atoms with E-state index in [4.69, 9.17) is 11.6 Å². The zero-order valence-corrected chi connectivity index (χ0v) is 14.4. The van der Waals surface area contributed by atoms with Crippen molar-refractivity contribution in [1.82, 2.24) is 4.98 Å². The zero-order chi connectivity index (χ0) is 19.0. The molecule has 3 N–H and O–H groups in total. The minimum absolute atomic E-state index is 0.0670. The zero-order valence-electron chi connectivity index (χ0n) is 13.6. The Kier molecular flexibility index (Phi) is 4.52. The van der Waals surface area contributed by atoms with E-state index in [1.54, 1.807) is 30.3 Å². The Hall–Kier alpha value is -3.12. The lowest BCUT2D eigenvalue weighted by atomic mass is 9.92. The first-order valence-electron chi connectivity index (χ1n) is 7.67. The molecule has 0 fully saturated rings. The second-order valence-electron chi connectivity index (χ2n) is 5.91. The number of carbonyl (C=O) groups is 3. The molecule has 0 saturated carbocycles. The predicted molar refractivity (Wildman–Crippen MR) is 95.9 cm³/mol. The molecule has 0 atom stereocenters. The SMILES string of the molecule is Cc1cccc(C(=O)c2[nH]c3ccc(Cl)cc3c2C(C(=O)O)C(=O)O)c1. The molecule has 0 aliphatic carbocycles. The number of aromatic amines is 1. The summed E-state index contributed by atoms with van der Waals surface area (Å²) < 4.78 is 0. The number of hydrogen-bond donors (Lipinski definition) is 3. The molecule has 3 rings (SSSR count). The van der Waals surface area contributed by atoms with Gasteiger partial charge in [0.2, 0.25) is 5.78 Å². The van der Waals surface area contributed by atoms with Gasteiger partial charge in [0, 0.05) is 27.1 Å². The van der Waals surface area contributed by atoms with Crippen LogP contribution in [-0.2, 0) is 9.59 Å². The number of ketones is 1. The van der Waals surface area contributed by atoms with Gasteiger partial charge >= 0.3 is 11.9 Å². The van der Waals surface area contributed by atoms with Crippen molar-refractivity contribution >= 4 is 40.2 Å². The van der Waals surface area contributed by atoms with Crippen LogP contribution in [0.4, 0.5) is 0 Å². The van der Waals surface area contributed by atoms with Gasteiger partial charge < -0.3 is 15.2 Å². The molecule has 3 aromatic rings. The highest BCUT2D eigenvalue weighted by atomic mass is 35.5. The Labute approximate surface area is 153 Å². The van der Waals surface area contributed by atoms with Crippen LogP contribution in [0.1, 0.15) is 33.1 Å². The van der Waals surface area contributed by atoms with Gasteiger partial charge in [-0.3, -0.25) is 14.4 Å². The number of aromatic nitrogens is 1. The molecule has 0 unspecified atom stereocenters. The van der Waals surface area contributed by atoms with Crippen LogP contribution in [0.5, 0.6) is 0 Å². The van der Waals surface area contributed by atoms with Crippen LogP contribution in [0, 0.1) is 6.92 Å². The second kappa shape index (κ2) is 6.65. The number of nitrogens with one attached hydrogen (secondary N) is 1. The summed E-state index contributed by atoms with van der Waals surface area (Å²) in [6.07, 6.45) is 0. The molecule has 0 aliphatic heterocycles. The van der Waals surface area contributed by atoms with Gasteiger partial charge in [0.05, 0.1) is 5.69 Å². The molecule has 0 radical (unpaired) electrons. The molecule has 0 bridgehead atoms. The molecule has 0 spiro atoms.